The molecular formula is C13H15NO2. The molecule has 0 bridgehead atoms. The van der Waals surface area contributed by atoms with Gasteiger partial charge in [-0.25, -0.2) is 4.98 Å². The van der Waals surface area contributed by atoms with E-state index in [1.165, 1.54) is 0 Å². The van der Waals surface area contributed by atoms with Gasteiger partial charge >= 0.3 is 0 Å². The maximum Gasteiger partial charge on any atom is 0.192 e. The highest BCUT2D eigenvalue weighted by Crippen LogP contribution is 2.32. The summed E-state index contributed by atoms with van der Waals surface area (Å²) in [4.78, 5) is 4.34. The van der Waals surface area contributed by atoms with Gasteiger partial charge in [0.1, 0.15) is 11.3 Å². The lowest BCUT2D eigenvalue weighted by atomic mass is 10.1. The molecule has 0 aliphatic rings. The molecule has 0 spiro atoms. The number of benzene rings is 1. The van der Waals surface area contributed by atoms with Gasteiger partial charge in [-0.15, -0.1) is 0 Å². The van der Waals surface area contributed by atoms with Crippen molar-refractivity contribution in [3.63, 3.8) is 0 Å². The van der Waals surface area contributed by atoms with Gasteiger partial charge in [-0.2, -0.15) is 0 Å². The molecule has 2 aromatic rings. The van der Waals surface area contributed by atoms with Crippen LogP contribution in [0.1, 0.15) is 23.9 Å². The zero-order chi connectivity index (χ0) is 11.7. The van der Waals surface area contributed by atoms with Crippen molar-refractivity contribution >= 4 is 17.2 Å². The Morgan fingerprint density at radius 3 is 2.75 bits per heavy atom. The minimum atomic E-state index is 0.679. The molecule has 0 radical (unpaired) electrons. The molecule has 0 atom stereocenters. The predicted molar refractivity (Wildman–Crippen MR) is 64.7 cm³/mol. The highest BCUT2D eigenvalue weighted by Gasteiger charge is 2.13. The van der Waals surface area contributed by atoms with Gasteiger partial charge in [-0.3, -0.25) is 0 Å². The summed E-state index contributed by atoms with van der Waals surface area (Å²) in [7, 11) is 1.67. The Bertz CT molecular complexity index is 553. The van der Waals surface area contributed by atoms with Crippen LogP contribution in [0.4, 0.5) is 0 Å². The number of methoxy groups -OCH3 is 1. The first-order valence-electron chi connectivity index (χ1n) is 5.24. The summed E-state index contributed by atoms with van der Waals surface area (Å²) in [6.45, 7) is 5.81. The number of fused-ring (bicyclic) bond motifs is 1. The van der Waals surface area contributed by atoms with Crippen LogP contribution in [0.2, 0.25) is 0 Å². The number of allylic oxidation sites excluding steroid dienone is 1. The van der Waals surface area contributed by atoms with Crippen molar-refractivity contribution in [2.75, 3.05) is 7.11 Å². The molecule has 0 N–H and O–H groups in total. The van der Waals surface area contributed by atoms with E-state index in [-0.39, 0.29) is 0 Å². The first-order valence-corrected chi connectivity index (χ1v) is 5.24. The maximum absolute atomic E-state index is 5.56. The summed E-state index contributed by atoms with van der Waals surface area (Å²) in [6.07, 6.45) is 3.99. The molecule has 3 nitrogen and oxygen atoms in total. The van der Waals surface area contributed by atoms with Crippen LogP contribution < -0.4 is 4.74 Å². The molecule has 84 valence electrons. The van der Waals surface area contributed by atoms with Crippen molar-refractivity contribution in [3.05, 3.63) is 29.2 Å². The van der Waals surface area contributed by atoms with Crippen molar-refractivity contribution in [3.8, 4) is 5.75 Å². The number of hydrogen-bond acceptors (Lipinski definition) is 3. The van der Waals surface area contributed by atoms with Crippen molar-refractivity contribution in [2.45, 2.75) is 20.8 Å². The topological polar surface area (TPSA) is 35.3 Å². The summed E-state index contributed by atoms with van der Waals surface area (Å²) < 4.78 is 11.0. The second-order valence-corrected chi connectivity index (χ2v) is 3.71. The van der Waals surface area contributed by atoms with Gasteiger partial charge in [0.2, 0.25) is 0 Å². The van der Waals surface area contributed by atoms with E-state index < -0.39 is 0 Å². The number of nitrogens with zero attached hydrogens (tertiary/aromatic N) is 1. The average molecular weight is 217 g/mol. The third-order valence-corrected chi connectivity index (χ3v) is 2.55. The van der Waals surface area contributed by atoms with Gasteiger partial charge in [-0.05, 0) is 19.9 Å². The molecule has 0 unspecified atom stereocenters. The predicted octanol–water partition coefficient (Wildman–Crippen LogP) is 3.49. The molecule has 0 amide bonds. The van der Waals surface area contributed by atoms with E-state index in [1.54, 1.807) is 7.11 Å². The maximum atomic E-state index is 5.56. The van der Waals surface area contributed by atoms with E-state index in [2.05, 4.69) is 4.98 Å². The lowest BCUT2D eigenvalue weighted by Gasteiger charge is -2.08. The molecule has 0 aliphatic heterocycles. The van der Waals surface area contributed by atoms with Crippen LogP contribution in [0.3, 0.4) is 0 Å². The van der Waals surface area contributed by atoms with Gasteiger partial charge in [0.15, 0.2) is 11.5 Å². The normalized spacial score (nSPS) is 11.5. The lowest BCUT2D eigenvalue weighted by Crippen LogP contribution is -1.91. The van der Waals surface area contributed by atoms with E-state index in [0.717, 1.165) is 28.0 Å². The Balaban J connectivity index is 2.80. The molecule has 1 aromatic heterocycles. The molecule has 0 saturated heterocycles. The van der Waals surface area contributed by atoms with Gasteiger partial charge < -0.3 is 9.15 Å². The van der Waals surface area contributed by atoms with E-state index >= 15 is 0 Å². The molecule has 3 heteroatoms. The fourth-order valence-electron chi connectivity index (χ4n) is 1.92. The highest BCUT2D eigenvalue weighted by molar-refractivity contribution is 5.83. The molecule has 16 heavy (non-hydrogen) atoms. The second-order valence-electron chi connectivity index (χ2n) is 3.71. The Kier molecular flexibility index (Phi) is 2.69. The van der Waals surface area contributed by atoms with Crippen molar-refractivity contribution in [2.24, 2.45) is 0 Å². The van der Waals surface area contributed by atoms with Crippen LogP contribution in [0.5, 0.6) is 5.75 Å². The molecular weight excluding hydrogens is 202 g/mol. The van der Waals surface area contributed by atoms with Gasteiger partial charge in [0, 0.05) is 18.1 Å². The zero-order valence-electron chi connectivity index (χ0n) is 10.00. The largest absolute Gasteiger partial charge is 0.496 e. The smallest absolute Gasteiger partial charge is 0.192 e. The van der Waals surface area contributed by atoms with E-state index in [0.29, 0.717) is 5.89 Å². The first-order chi connectivity index (χ1) is 7.67. The number of rotatable bonds is 2. The fraction of sp³-hybridized carbons (Fsp3) is 0.308. The SMILES string of the molecule is C/C=C\c1cc2nc(C)oc2c(C)c1OC. The quantitative estimate of drug-likeness (QED) is 0.772. The highest BCUT2D eigenvalue weighted by atomic mass is 16.5. The van der Waals surface area contributed by atoms with E-state index in [1.807, 2.05) is 39.0 Å². The van der Waals surface area contributed by atoms with Gasteiger partial charge in [0.05, 0.1) is 7.11 Å². The number of aromatic nitrogens is 1. The first kappa shape index (κ1) is 10.7. The van der Waals surface area contributed by atoms with Crippen LogP contribution in [-0.4, -0.2) is 12.1 Å². The third-order valence-electron chi connectivity index (χ3n) is 2.55. The van der Waals surface area contributed by atoms with Gasteiger partial charge in [0.25, 0.3) is 0 Å². The lowest BCUT2D eigenvalue weighted by molar-refractivity contribution is 0.410. The molecule has 0 aliphatic carbocycles. The number of oxazole rings is 1. The summed E-state index contributed by atoms with van der Waals surface area (Å²) in [5, 5.41) is 0. The zero-order valence-corrected chi connectivity index (χ0v) is 10.00. The summed E-state index contributed by atoms with van der Waals surface area (Å²) in [5.41, 5.74) is 3.71. The van der Waals surface area contributed by atoms with Gasteiger partial charge in [-0.1, -0.05) is 12.2 Å². The number of aryl methyl sites for hydroxylation is 2. The Hall–Kier alpha value is -1.77. The van der Waals surface area contributed by atoms with Crippen molar-refractivity contribution in [1.29, 1.82) is 0 Å². The Labute approximate surface area is 94.7 Å². The molecule has 2 rings (SSSR count). The van der Waals surface area contributed by atoms with Crippen LogP contribution in [-0.2, 0) is 0 Å². The average Bonchev–Trinajstić information content (AvgIpc) is 2.60. The summed E-state index contributed by atoms with van der Waals surface area (Å²) >= 11 is 0. The minimum absolute atomic E-state index is 0.679. The summed E-state index contributed by atoms with van der Waals surface area (Å²) in [6, 6.07) is 1.98. The van der Waals surface area contributed by atoms with Crippen LogP contribution in [0.25, 0.3) is 17.2 Å². The number of hydrogen-bond donors (Lipinski definition) is 0. The standard InChI is InChI=1S/C13H15NO2/c1-5-6-10-7-11-13(16-9(3)14-11)8(2)12(10)15-4/h5-7H,1-4H3/b6-5-. The van der Waals surface area contributed by atoms with Crippen molar-refractivity contribution in [1.82, 2.24) is 4.98 Å². The van der Waals surface area contributed by atoms with E-state index in [4.69, 9.17) is 9.15 Å². The number of ether oxygens (including phenoxy) is 1. The monoisotopic (exact) mass is 217 g/mol. The van der Waals surface area contributed by atoms with Crippen LogP contribution in [0.15, 0.2) is 16.6 Å². The Morgan fingerprint density at radius 2 is 2.12 bits per heavy atom. The van der Waals surface area contributed by atoms with E-state index in [9.17, 15) is 0 Å². The second kappa shape index (κ2) is 4.00. The molecule has 0 fully saturated rings. The fourth-order valence-corrected chi connectivity index (χ4v) is 1.92. The van der Waals surface area contributed by atoms with Crippen molar-refractivity contribution < 1.29 is 9.15 Å². The molecule has 1 aromatic carbocycles. The molecule has 1 heterocycles. The molecule has 0 saturated carbocycles. The van der Waals surface area contributed by atoms with Crippen LogP contribution in [0, 0.1) is 13.8 Å². The minimum Gasteiger partial charge on any atom is -0.496 e. The Morgan fingerprint density at radius 1 is 1.38 bits per heavy atom. The van der Waals surface area contributed by atoms with Crippen LogP contribution >= 0.6 is 0 Å². The third kappa shape index (κ3) is 1.58. The summed E-state index contributed by atoms with van der Waals surface area (Å²) in [5.74, 6) is 1.53.